The Morgan fingerprint density at radius 2 is 2.60 bits per heavy atom. The molecule has 0 fully saturated rings. The van der Waals surface area contributed by atoms with Crippen molar-refractivity contribution >= 4 is 17.0 Å². The summed E-state index contributed by atoms with van der Waals surface area (Å²) in [6.07, 6.45) is 4.14. The monoisotopic (exact) mass is 153 g/mol. The van der Waals surface area contributed by atoms with E-state index < -0.39 is 0 Å². The average Bonchev–Trinajstić information content (AvgIpc) is 2.41. The second-order valence-electron chi connectivity index (χ2n) is 1.96. The lowest BCUT2D eigenvalue weighted by atomic mass is 10.5. The number of hydrogen-bond acceptors (Lipinski definition) is 2. The number of allylic oxidation sites excluding steroid dienone is 1. The van der Waals surface area contributed by atoms with E-state index in [-0.39, 0.29) is 0 Å². The van der Waals surface area contributed by atoms with Crippen LogP contribution in [0, 0.1) is 0 Å². The first-order valence-electron chi connectivity index (χ1n) is 3.30. The van der Waals surface area contributed by atoms with Gasteiger partial charge in [-0.2, -0.15) is 11.3 Å². The largest absolute Gasteiger partial charge is 0.381 e. The van der Waals surface area contributed by atoms with Crippen molar-refractivity contribution in [3.05, 3.63) is 29.0 Å². The van der Waals surface area contributed by atoms with Gasteiger partial charge in [0.25, 0.3) is 0 Å². The van der Waals surface area contributed by atoms with Crippen LogP contribution in [0.4, 0.5) is 5.69 Å². The highest BCUT2D eigenvalue weighted by Gasteiger charge is 1.85. The van der Waals surface area contributed by atoms with E-state index >= 15 is 0 Å². The smallest absolute Gasteiger partial charge is 0.0451 e. The van der Waals surface area contributed by atoms with Crippen molar-refractivity contribution in [1.82, 2.24) is 0 Å². The van der Waals surface area contributed by atoms with Gasteiger partial charge in [0.1, 0.15) is 0 Å². The van der Waals surface area contributed by atoms with E-state index in [1.54, 1.807) is 11.3 Å². The molecule has 1 aromatic rings. The molecule has 0 bridgehead atoms. The van der Waals surface area contributed by atoms with Crippen molar-refractivity contribution in [1.29, 1.82) is 0 Å². The Kier molecular flexibility index (Phi) is 3.03. The fraction of sp³-hybridized carbons (Fsp3) is 0.250. The lowest BCUT2D eigenvalue weighted by Gasteiger charge is -1.95. The summed E-state index contributed by atoms with van der Waals surface area (Å²) in [7, 11) is 0. The molecule has 10 heavy (non-hydrogen) atoms. The SMILES string of the molecule is C/C=C/CNc1ccsc1. The Balaban J connectivity index is 2.28. The highest BCUT2D eigenvalue weighted by Crippen LogP contribution is 2.10. The zero-order valence-corrected chi connectivity index (χ0v) is 6.82. The van der Waals surface area contributed by atoms with Crippen LogP contribution in [0.1, 0.15) is 6.92 Å². The summed E-state index contributed by atoms with van der Waals surface area (Å²) in [5.41, 5.74) is 1.21. The second kappa shape index (κ2) is 4.12. The molecule has 2 heteroatoms. The maximum Gasteiger partial charge on any atom is 0.0451 e. The Morgan fingerprint density at radius 1 is 1.70 bits per heavy atom. The number of thiophene rings is 1. The Morgan fingerprint density at radius 3 is 3.20 bits per heavy atom. The summed E-state index contributed by atoms with van der Waals surface area (Å²) in [4.78, 5) is 0. The fourth-order valence-electron chi connectivity index (χ4n) is 0.660. The summed E-state index contributed by atoms with van der Waals surface area (Å²) in [6.45, 7) is 2.95. The molecule has 0 aliphatic heterocycles. The number of rotatable bonds is 3. The molecular formula is C8H11NS. The van der Waals surface area contributed by atoms with Gasteiger partial charge in [-0.1, -0.05) is 12.2 Å². The molecular weight excluding hydrogens is 142 g/mol. The van der Waals surface area contributed by atoms with Crippen LogP contribution in [-0.4, -0.2) is 6.54 Å². The molecule has 0 unspecified atom stereocenters. The van der Waals surface area contributed by atoms with E-state index in [2.05, 4.69) is 28.2 Å². The quantitative estimate of drug-likeness (QED) is 0.658. The van der Waals surface area contributed by atoms with Crippen LogP contribution in [0.3, 0.4) is 0 Å². The van der Waals surface area contributed by atoms with E-state index in [9.17, 15) is 0 Å². The Labute approximate surface area is 65.4 Å². The molecule has 0 spiro atoms. The Bertz CT molecular complexity index is 189. The highest BCUT2D eigenvalue weighted by atomic mass is 32.1. The predicted octanol–water partition coefficient (Wildman–Crippen LogP) is 2.74. The molecule has 1 aromatic heterocycles. The van der Waals surface area contributed by atoms with Crippen molar-refractivity contribution in [3.63, 3.8) is 0 Å². The van der Waals surface area contributed by atoms with Crippen LogP contribution < -0.4 is 5.32 Å². The van der Waals surface area contributed by atoms with Crippen LogP contribution in [0.5, 0.6) is 0 Å². The van der Waals surface area contributed by atoms with Crippen molar-refractivity contribution in [3.8, 4) is 0 Å². The minimum atomic E-state index is 0.924. The lowest BCUT2D eigenvalue weighted by molar-refractivity contribution is 1.34. The van der Waals surface area contributed by atoms with Gasteiger partial charge in [-0.25, -0.2) is 0 Å². The molecule has 0 amide bonds. The average molecular weight is 153 g/mol. The third kappa shape index (κ3) is 2.23. The van der Waals surface area contributed by atoms with E-state index in [1.807, 2.05) is 13.0 Å². The molecule has 54 valence electrons. The van der Waals surface area contributed by atoms with Gasteiger partial charge in [-0.3, -0.25) is 0 Å². The third-order valence-corrected chi connectivity index (χ3v) is 1.86. The van der Waals surface area contributed by atoms with Gasteiger partial charge >= 0.3 is 0 Å². The standard InChI is InChI=1S/C8H11NS/c1-2-3-5-9-8-4-6-10-7-8/h2-4,6-7,9H,5H2,1H3/b3-2+. The van der Waals surface area contributed by atoms with Crippen molar-refractivity contribution < 1.29 is 0 Å². The molecule has 0 saturated carbocycles. The van der Waals surface area contributed by atoms with Crippen LogP contribution in [0.25, 0.3) is 0 Å². The molecule has 0 aromatic carbocycles. The molecule has 0 saturated heterocycles. The first-order valence-corrected chi connectivity index (χ1v) is 4.25. The molecule has 0 aliphatic carbocycles. The van der Waals surface area contributed by atoms with E-state index in [1.165, 1.54) is 5.69 Å². The van der Waals surface area contributed by atoms with Gasteiger partial charge in [0.2, 0.25) is 0 Å². The van der Waals surface area contributed by atoms with Crippen LogP contribution in [0.15, 0.2) is 29.0 Å². The third-order valence-electron chi connectivity index (χ3n) is 1.18. The van der Waals surface area contributed by atoms with Gasteiger partial charge in [0.05, 0.1) is 0 Å². The van der Waals surface area contributed by atoms with E-state index in [4.69, 9.17) is 0 Å². The zero-order chi connectivity index (χ0) is 7.23. The molecule has 1 heterocycles. The summed E-state index contributed by atoms with van der Waals surface area (Å²) in [5.74, 6) is 0. The molecule has 0 aliphatic rings. The Hall–Kier alpha value is -0.760. The van der Waals surface area contributed by atoms with Gasteiger partial charge in [0.15, 0.2) is 0 Å². The minimum absolute atomic E-state index is 0.924. The summed E-state index contributed by atoms with van der Waals surface area (Å²) < 4.78 is 0. The summed E-state index contributed by atoms with van der Waals surface area (Å²) in [6, 6.07) is 2.08. The van der Waals surface area contributed by atoms with Gasteiger partial charge in [-0.15, -0.1) is 0 Å². The molecule has 1 nitrogen and oxygen atoms in total. The zero-order valence-electron chi connectivity index (χ0n) is 6.00. The number of nitrogens with one attached hydrogen (secondary N) is 1. The first-order chi connectivity index (χ1) is 4.93. The van der Waals surface area contributed by atoms with Crippen LogP contribution in [0.2, 0.25) is 0 Å². The molecule has 1 rings (SSSR count). The first kappa shape index (κ1) is 7.35. The van der Waals surface area contributed by atoms with E-state index in [0.29, 0.717) is 0 Å². The topological polar surface area (TPSA) is 12.0 Å². The number of hydrogen-bond donors (Lipinski definition) is 1. The predicted molar refractivity (Wildman–Crippen MR) is 47.6 cm³/mol. The van der Waals surface area contributed by atoms with Gasteiger partial charge < -0.3 is 5.32 Å². The van der Waals surface area contributed by atoms with Crippen molar-refractivity contribution in [2.45, 2.75) is 6.92 Å². The van der Waals surface area contributed by atoms with Crippen LogP contribution >= 0.6 is 11.3 Å². The van der Waals surface area contributed by atoms with Gasteiger partial charge in [0, 0.05) is 17.6 Å². The second-order valence-corrected chi connectivity index (χ2v) is 2.74. The summed E-state index contributed by atoms with van der Waals surface area (Å²) in [5, 5.41) is 7.42. The maximum absolute atomic E-state index is 3.25. The molecule has 0 radical (unpaired) electrons. The summed E-state index contributed by atoms with van der Waals surface area (Å²) >= 11 is 1.71. The fourth-order valence-corrected chi connectivity index (χ4v) is 1.27. The molecule has 0 atom stereocenters. The van der Waals surface area contributed by atoms with Crippen molar-refractivity contribution in [2.75, 3.05) is 11.9 Å². The minimum Gasteiger partial charge on any atom is -0.381 e. The van der Waals surface area contributed by atoms with Crippen molar-refractivity contribution in [2.24, 2.45) is 0 Å². The lowest BCUT2D eigenvalue weighted by Crippen LogP contribution is -1.95. The normalized spacial score (nSPS) is 10.5. The highest BCUT2D eigenvalue weighted by molar-refractivity contribution is 7.08. The maximum atomic E-state index is 3.25. The number of anilines is 1. The van der Waals surface area contributed by atoms with Crippen LogP contribution in [-0.2, 0) is 0 Å². The van der Waals surface area contributed by atoms with E-state index in [0.717, 1.165) is 6.54 Å². The van der Waals surface area contributed by atoms with Gasteiger partial charge in [-0.05, 0) is 18.4 Å². The molecule has 1 N–H and O–H groups in total.